The molecule has 182 valence electrons. The number of methoxy groups -OCH3 is 1. The van der Waals surface area contributed by atoms with E-state index in [-0.39, 0.29) is 12.5 Å². The molecule has 0 fully saturated rings. The van der Waals surface area contributed by atoms with Crippen molar-refractivity contribution in [2.45, 2.75) is 19.6 Å². The number of para-hydroxylation sites is 1. The molecule has 2 N–H and O–H groups in total. The van der Waals surface area contributed by atoms with Gasteiger partial charge >= 0.3 is 0 Å². The van der Waals surface area contributed by atoms with Gasteiger partial charge in [0.2, 0.25) is 5.95 Å². The van der Waals surface area contributed by atoms with Gasteiger partial charge in [0.05, 0.1) is 12.7 Å². The molecular weight excluding hydrogens is 480 g/mol. The Labute approximate surface area is 212 Å². The fourth-order valence-corrected chi connectivity index (χ4v) is 4.27. The van der Waals surface area contributed by atoms with Crippen LogP contribution in [0.1, 0.15) is 24.1 Å². The first-order valence-electron chi connectivity index (χ1n) is 11.2. The van der Waals surface area contributed by atoms with E-state index >= 15 is 0 Å². The minimum Gasteiger partial charge on any atom is -0.493 e. The third kappa shape index (κ3) is 4.60. The second-order valence-corrected chi connectivity index (χ2v) is 8.53. The van der Waals surface area contributed by atoms with Crippen LogP contribution in [-0.4, -0.2) is 33.2 Å². The smallest absolute Gasteiger partial charge is 0.255 e. The van der Waals surface area contributed by atoms with Gasteiger partial charge in [-0.2, -0.15) is 4.68 Å². The zero-order chi connectivity index (χ0) is 25.1. The lowest BCUT2D eigenvalue weighted by Crippen LogP contribution is -2.31. The van der Waals surface area contributed by atoms with Gasteiger partial charge < -0.3 is 20.1 Å². The average molecular weight is 503 g/mol. The normalized spacial score (nSPS) is 14.6. The zero-order valence-corrected chi connectivity index (χ0v) is 20.4. The first-order chi connectivity index (χ1) is 17.5. The number of rotatable bonds is 7. The summed E-state index contributed by atoms with van der Waals surface area (Å²) < 4.78 is 13.2. The van der Waals surface area contributed by atoms with Crippen LogP contribution in [0.3, 0.4) is 0 Å². The standard InChI is InChI=1S/C26H23ClN6O3/c1-16-23(25(34)29-19-9-4-3-5-10-19)24(33-26(28-16)30-31-32-33)17-12-13-21(22(14-17)35-2)36-15-18-8-6-7-11-20(18)27/h3-14,24H,15H2,1-2H3,(H,29,34)(H,28,30,32). The third-order valence-corrected chi connectivity index (χ3v) is 6.20. The van der Waals surface area contributed by atoms with E-state index in [0.29, 0.717) is 39.4 Å². The lowest BCUT2D eigenvalue weighted by atomic mass is 9.94. The second kappa shape index (κ2) is 10.1. The van der Waals surface area contributed by atoms with Gasteiger partial charge in [0.25, 0.3) is 5.91 Å². The van der Waals surface area contributed by atoms with Crippen LogP contribution in [0.2, 0.25) is 5.02 Å². The van der Waals surface area contributed by atoms with Crippen molar-refractivity contribution in [3.8, 4) is 11.5 Å². The minimum atomic E-state index is -0.591. The average Bonchev–Trinajstić information content (AvgIpc) is 3.36. The van der Waals surface area contributed by atoms with Crippen LogP contribution in [0.15, 0.2) is 84.1 Å². The van der Waals surface area contributed by atoms with Crippen molar-refractivity contribution in [2.75, 3.05) is 17.7 Å². The molecule has 2 heterocycles. The van der Waals surface area contributed by atoms with Gasteiger partial charge in [-0.15, -0.1) is 0 Å². The molecule has 0 saturated carbocycles. The third-order valence-electron chi connectivity index (χ3n) is 5.83. The van der Waals surface area contributed by atoms with Gasteiger partial charge in [0.15, 0.2) is 11.5 Å². The number of ether oxygens (including phenoxy) is 2. The molecule has 9 nitrogen and oxygen atoms in total. The van der Waals surface area contributed by atoms with Gasteiger partial charge in [0.1, 0.15) is 12.6 Å². The number of hydrogen-bond acceptors (Lipinski definition) is 7. The van der Waals surface area contributed by atoms with Crippen LogP contribution in [0.25, 0.3) is 0 Å². The van der Waals surface area contributed by atoms with Crippen LogP contribution in [0, 0.1) is 0 Å². The van der Waals surface area contributed by atoms with E-state index in [0.717, 1.165) is 11.1 Å². The van der Waals surface area contributed by atoms with Gasteiger partial charge in [-0.3, -0.25) is 4.79 Å². The molecule has 0 aliphatic carbocycles. The Morgan fingerprint density at radius 1 is 1.08 bits per heavy atom. The molecule has 1 aromatic heterocycles. The van der Waals surface area contributed by atoms with Crippen molar-refractivity contribution in [3.63, 3.8) is 0 Å². The van der Waals surface area contributed by atoms with Crippen molar-refractivity contribution in [1.29, 1.82) is 0 Å². The molecule has 1 unspecified atom stereocenters. The summed E-state index contributed by atoms with van der Waals surface area (Å²) >= 11 is 6.26. The first-order valence-corrected chi connectivity index (χ1v) is 11.6. The number of aromatic nitrogens is 4. The first kappa shape index (κ1) is 23.4. The highest BCUT2D eigenvalue weighted by molar-refractivity contribution is 6.31. The topological polar surface area (TPSA) is 103 Å². The highest BCUT2D eigenvalue weighted by atomic mass is 35.5. The lowest BCUT2D eigenvalue weighted by molar-refractivity contribution is -0.113. The van der Waals surface area contributed by atoms with Crippen molar-refractivity contribution < 1.29 is 14.3 Å². The molecule has 1 atom stereocenters. The Hall–Kier alpha value is -4.37. The summed E-state index contributed by atoms with van der Waals surface area (Å²) in [5, 5.41) is 18.7. The molecule has 0 radical (unpaired) electrons. The minimum absolute atomic E-state index is 0.268. The summed E-state index contributed by atoms with van der Waals surface area (Å²) in [5.41, 5.74) is 3.43. The van der Waals surface area contributed by atoms with Crippen LogP contribution in [0.4, 0.5) is 11.6 Å². The Kier molecular flexibility index (Phi) is 6.55. The van der Waals surface area contributed by atoms with Crippen LogP contribution < -0.4 is 20.1 Å². The quantitative estimate of drug-likeness (QED) is 0.372. The second-order valence-electron chi connectivity index (χ2n) is 8.12. The number of hydrogen-bond donors (Lipinski definition) is 2. The van der Waals surface area contributed by atoms with E-state index in [1.165, 1.54) is 0 Å². The Bertz CT molecular complexity index is 1440. The van der Waals surface area contributed by atoms with Crippen LogP contribution >= 0.6 is 11.6 Å². The van der Waals surface area contributed by atoms with Gasteiger partial charge in [-0.05, 0) is 53.2 Å². The molecule has 1 amide bonds. The maximum atomic E-state index is 13.4. The highest BCUT2D eigenvalue weighted by Crippen LogP contribution is 2.39. The number of allylic oxidation sites excluding steroid dienone is 1. The number of fused-ring (bicyclic) bond motifs is 1. The summed E-state index contributed by atoms with van der Waals surface area (Å²) in [4.78, 5) is 13.4. The molecule has 10 heteroatoms. The molecule has 1 aliphatic heterocycles. The Morgan fingerprint density at radius 3 is 2.64 bits per heavy atom. The van der Waals surface area contributed by atoms with Crippen molar-refractivity contribution in [1.82, 2.24) is 20.2 Å². The maximum Gasteiger partial charge on any atom is 0.255 e. The predicted molar refractivity (Wildman–Crippen MR) is 136 cm³/mol. The van der Waals surface area contributed by atoms with E-state index in [2.05, 4.69) is 26.2 Å². The van der Waals surface area contributed by atoms with Crippen LogP contribution in [-0.2, 0) is 11.4 Å². The van der Waals surface area contributed by atoms with E-state index < -0.39 is 6.04 Å². The SMILES string of the molecule is COc1cc(C2C(C(=O)Nc3ccccc3)=C(C)Nc3nnnn32)ccc1OCc1ccccc1Cl. The largest absolute Gasteiger partial charge is 0.493 e. The summed E-state index contributed by atoms with van der Waals surface area (Å²) in [6.07, 6.45) is 0. The number of tetrazole rings is 1. The molecule has 3 aromatic carbocycles. The fourth-order valence-electron chi connectivity index (χ4n) is 4.08. The highest BCUT2D eigenvalue weighted by Gasteiger charge is 2.34. The number of amides is 1. The van der Waals surface area contributed by atoms with Gasteiger partial charge in [-0.1, -0.05) is 59.2 Å². The van der Waals surface area contributed by atoms with E-state index in [4.69, 9.17) is 21.1 Å². The van der Waals surface area contributed by atoms with E-state index in [1.807, 2.05) is 73.7 Å². The number of benzene rings is 3. The molecule has 5 rings (SSSR count). The number of carbonyl (C=O) groups excluding carboxylic acids is 1. The molecular formula is C26H23ClN6O3. The summed E-state index contributed by atoms with van der Waals surface area (Å²) in [5.74, 6) is 1.22. The molecule has 4 aromatic rings. The fraction of sp³-hybridized carbons (Fsp3) is 0.154. The lowest BCUT2D eigenvalue weighted by Gasteiger charge is -2.28. The Morgan fingerprint density at radius 2 is 1.86 bits per heavy atom. The number of nitrogens with one attached hydrogen (secondary N) is 2. The molecule has 0 saturated heterocycles. The van der Waals surface area contributed by atoms with E-state index in [1.54, 1.807) is 17.9 Å². The molecule has 1 aliphatic rings. The van der Waals surface area contributed by atoms with Crippen molar-refractivity contribution in [3.05, 3.63) is 100 Å². The summed E-state index contributed by atoms with van der Waals surface area (Å²) in [6.45, 7) is 2.10. The molecule has 0 bridgehead atoms. The number of halogens is 1. The van der Waals surface area contributed by atoms with Gasteiger partial charge in [-0.25, -0.2) is 0 Å². The zero-order valence-electron chi connectivity index (χ0n) is 19.6. The summed E-state index contributed by atoms with van der Waals surface area (Å²) in [6, 6.07) is 21.7. The molecule has 0 spiro atoms. The van der Waals surface area contributed by atoms with Gasteiger partial charge in [0, 0.05) is 22.0 Å². The number of nitrogens with zero attached hydrogens (tertiary/aromatic N) is 4. The summed E-state index contributed by atoms with van der Waals surface area (Å²) in [7, 11) is 1.57. The van der Waals surface area contributed by atoms with Crippen LogP contribution in [0.5, 0.6) is 11.5 Å². The van der Waals surface area contributed by atoms with Crippen molar-refractivity contribution >= 4 is 29.1 Å². The monoisotopic (exact) mass is 502 g/mol. The maximum absolute atomic E-state index is 13.4. The Balaban J connectivity index is 1.48. The van der Waals surface area contributed by atoms with Crippen molar-refractivity contribution in [2.24, 2.45) is 0 Å². The number of carbonyl (C=O) groups is 1. The predicted octanol–water partition coefficient (Wildman–Crippen LogP) is 4.84. The van der Waals surface area contributed by atoms with E-state index in [9.17, 15) is 4.79 Å². The molecule has 36 heavy (non-hydrogen) atoms. The number of anilines is 2.